The van der Waals surface area contributed by atoms with E-state index in [0.717, 1.165) is 37.4 Å². The molecule has 3 rings (SSSR count). The quantitative estimate of drug-likeness (QED) is 0.855. The number of nitrogens with zero attached hydrogens (tertiary/aromatic N) is 2. The summed E-state index contributed by atoms with van der Waals surface area (Å²) in [5, 5.41) is 12.6. The number of piperidine rings is 1. The number of phenolic OH excluding ortho intramolecular Hbond substituents is 1. The Labute approximate surface area is 136 Å². The molecule has 1 amide bonds. The molecule has 0 radical (unpaired) electrons. The molecule has 0 unspecified atom stereocenters. The van der Waals surface area contributed by atoms with E-state index >= 15 is 0 Å². The average molecular weight is 311 g/mol. The Balaban J connectivity index is 1.58. The molecule has 5 nitrogen and oxygen atoms in total. The number of amides is 1. The summed E-state index contributed by atoms with van der Waals surface area (Å²) in [5.74, 6) is 1.02. The number of pyridine rings is 1. The second kappa shape index (κ2) is 6.69. The molecule has 0 spiro atoms. The first-order valence-electron chi connectivity index (χ1n) is 7.91. The highest BCUT2D eigenvalue weighted by atomic mass is 16.3. The second-order valence-electron chi connectivity index (χ2n) is 5.90. The number of anilines is 2. The van der Waals surface area contributed by atoms with Crippen LogP contribution >= 0.6 is 0 Å². The van der Waals surface area contributed by atoms with Gasteiger partial charge in [-0.15, -0.1) is 0 Å². The Hall–Kier alpha value is -2.56. The number of aryl methyl sites for hydroxylation is 1. The van der Waals surface area contributed by atoms with E-state index in [1.54, 1.807) is 24.3 Å². The molecule has 1 aliphatic rings. The minimum absolute atomic E-state index is 0.0247. The molecule has 0 saturated carbocycles. The molecule has 2 aromatic rings. The predicted octanol–water partition coefficient (Wildman–Crippen LogP) is 2.95. The Morgan fingerprint density at radius 3 is 2.61 bits per heavy atom. The number of aromatic hydroxyl groups is 1. The van der Waals surface area contributed by atoms with Gasteiger partial charge < -0.3 is 15.3 Å². The van der Waals surface area contributed by atoms with E-state index in [2.05, 4.69) is 15.2 Å². The summed E-state index contributed by atoms with van der Waals surface area (Å²) in [4.78, 5) is 19.1. The summed E-state index contributed by atoms with van der Waals surface area (Å²) in [5.41, 5.74) is 1.47. The summed E-state index contributed by atoms with van der Waals surface area (Å²) in [6.45, 7) is 3.61. The van der Waals surface area contributed by atoms with Crippen LogP contribution in [0.1, 0.15) is 18.5 Å². The van der Waals surface area contributed by atoms with Gasteiger partial charge >= 0.3 is 0 Å². The van der Waals surface area contributed by atoms with Crippen LogP contribution in [0.2, 0.25) is 0 Å². The van der Waals surface area contributed by atoms with Gasteiger partial charge in [0, 0.05) is 24.7 Å². The first-order valence-corrected chi connectivity index (χ1v) is 7.91. The molecule has 1 aromatic heterocycles. The molecular weight excluding hydrogens is 290 g/mol. The topological polar surface area (TPSA) is 65.5 Å². The molecule has 23 heavy (non-hydrogen) atoms. The maximum atomic E-state index is 12.4. The van der Waals surface area contributed by atoms with E-state index in [1.165, 1.54) is 0 Å². The van der Waals surface area contributed by atoms with Gasteiger partial charge in [0.1, 0.15) is 11.6 Å². The lowest BCUT2D eigenvalue weighted by Gasteiger charge is -2.32. The van der Waals surface area contributed by atoms with Crippen LogP contribution in [-0.4, -0.2) is 29.1 Å². The molecule has 1 fully saturated rings. The third-order valence-electron chi connectivity index (χ3n) is 4.23. The van der Waals surface area contributed by atoms with E-state index in [0.29, 0.717) is 5.69 Å². The van der Waals surface area contributed by atoms with Gasteiger partial charge in [0.25, 0.3) is 0 Å². The Morgan fingerprint density at radius 2 is 1.91 bits per heavy atom. The average Bonchev–Trinajstić information content (AvgIpc) is 2.57. The van der Waals surface area contributed by atoms with Crippen LogP contribution in [0.4, 0.5) is 11.5 Å². The van der Waals surface area contributed by atoms with Crippen molar-refractivity contribution in [2.24, 2.45) is 5.92 Å². The zero-order valence-electron chi connectivity index (χ0n) is 13.2. The Kier molecular flexibility index (Phi) is 4.46. The molecule has 2 N–H and O–H groups in total. The summed E-state index contributed by atoms with van der Waals surface area (Å²) in [6, 6.07) is 12.8. The van der Waals surface area contributed by atoms with Gasteiger partial charge in [0.15, 0.2) is 0 Å². The zero-order valence-corrected chi connectivity index (χ0v) is 13.2. The van der Waals surface area contributed by atoms with Crippen LogP contribution in [0.15, 0.2) is 42.5 Å². The summed E-state index contributed by atoms with van der Waals surface area (Å²) < 4.78 is 0. The van der Waals surface area contributed by atoms with E-state index in [9.17, 15) is 9.90 Å². The lowest BCUT2D eigenvalue weighted by Crippen LogP contribution is -2.38. The highest BCUT2D eigenvalue weighted by Crippen LogP contribution is 2.26. The number of aromatic nitrogens is 1. The number of rotatable bonds is 3. The van der Waals surface area contributed by atoms with E-state index < -0.39 is 0 Å². The van der Waals surface area contributed by atoms with Crippen LogP contribution in [0.3, 0.4) is 0 Å². The van der Waals surface area contributed by atoms with Crippen LogP contribution in [0.25, 0.3) is 0 Å². The zero-order chi connectivity index (χ0) is 16.2. The van der Waals surface area contributed by atoms with Crippen molar-refractivity contribution in [1.82, 2.24) is 4.98 Å². The summed E-state index contributed by atoms with van der Waals surface area (Å²) in [7, 11) is 0. The van der Waals surface area contributed by atoms with Crippen molar-refractivity contribution in [1.29, 1.82) is 0 Å². The van der Waals surface area contributed by atoms with Gasteiger partial charge in [-0.3, -0.25) is 4.79 Å². The fraction of sp³-hybridized carbons (Fsp3) is 0.333. The predicted molar refractivity (Wildman–Crippen MR) is 90.6 cm³/mol. The lowest BCUT2D eigenvalue weighted by atomic mass is 9.95. The maximum absolute atomic E-state index is 12.4. The van der Waals surface area contributed by atoms with Crippen LogP contribution in [0, 0.1) is 12.8 Å². The van der Waals surface area contributed by atoms with Crippen molar-refractivity contribution >= 4 is 17.4 Å². The second-order valence-corrected chi connectivity index (χ2v) is 5.90. The minimum atomic E-state index is -0.0318. The number of benzene rings is 1. The number of carbonyl (C=O) groups is 1. The third-order valence-corrected chi connectivity index (χ3v) is 4.23. The monoisotopic (exact) mass is 311 g/mol. The maximum Gasteiger partial charge on any atom is 0.227 e. The Morgan fingerprint density at radius 1 is 1.17 bits per heavy atom. The molecular formula is C18H21N3O2. The minimum Gasteiger partial charge on any atom is -0.506 e. The van der Waals surface area contributed by atoms with Crippen molar-refractivity contribution in [3.05, 3.63) is 48.2 Å². The number of hydrogen-bond donors (Lipinski definition) is 2. The van der Waals surface area contributed by atoms with Crippen LogP contribution in [0.5, 0.6) is 5.75 Å². The first kappa shape index (κ1) is 15.3. The summed E-state index contributed by atoms with van der Waals surface area (Å²) in [6.07, 6.45) is 1.57. The van der Waals surface area contributed by atoms with Gasteiger partial charge in [-0.05, 0) is 44.0 Å². The number of hydrogen-bond acceptors (Lipinski definition) is 4. The molecule has 0 aliphatic carbocycles. The molecule has 1 aromatic carbocycles. The van der Waals surface area contributed by atoms with Crippen molar-refractivity contribution in [2.45, 2.75) is 19.8 Å². The van der Waals surface area contributed by atoms with Gasteiger partial charge in [-0.25, -0.2) is 4.98 Å². The van der Waals surface area contributed by atoms with Gasteiger partial charge in [-0.2, -0.15) is 0 Å². The Bertz CT molecular complexity index is 694. The fourth-order valence-electron chi connectivity index (χ4n) is 2.89. The van der Waals surface area contributed by atoms with Gasteiger partial charge in [0.2, 0.25) is 5.91 Å². The molecule has 0 atom stereocenters. The van der Waals surface area contributed by atoms with Crippen LogP contribution < -0.4 is 10.2 Å². The number of para-hydroxylation sites is 2. The number of phenols is 1. The fourth-order valence-corrected chi connectivity index (χ4v) is 2.89. The van der Waals surface area contributed by atoms with Crippen molar-refractivity contribution in [3.63, 3.8) is 0 Å². The standard InChI is InChI=1S/C18H21N3O2/c1-13-5-4-8-17(19-13)21-11-9-14(10-12-21)18(23)20-15-6-2-3-7-16(15)22/h2-8,14,22H,9-12H2,1H3,(H,20,23). The summed E-state index contributed by atoms with van der Waals surface area (Å²) >= 11 is 0. The van der Waals surface area contributed by atoms with E-state index in [1.807, 2.05) is 25.1 Å². The highest BCUT2D eigenvalue weighted by Gasteiger charge is 2.26. The molecule has 5 heteroatoms. The molecule has 2 heterocycles. The number of carbonyl (C=O) groups excluding carboxylic acids is 1. The van der Waals surface area contributed by atoms with E-state index in [4.69, 9.17) is 0 Å². The lowest BCUT2D eigenvalue weighted by molar-refractivity contribution is -0.120. The first-order chi connectivity index (χ1) is 11.1. The van der Waals surface area contributed by atoms with Crippen molar-refractivity contribution in [2.75, 3.05) is 23.3 Å². The molecule has 0 bridgehead atoms. The third kappa shape index (κ3) is 3.62. The highest BCUT2D eigenvalue weighted by molar-refractivity contribution is 5.94. The van der Waals surface area contributed by atoms with Gasteiger partial charge in [-0.1, -0.05) is 18.2 Å². The molecule has 1 saturated heterocycles. The van der Waals surface area contributed by atoms with Crippen molar-refractivity contribution in [3.8, 4) is 5.75 Å². The smallest absolute Gasteiger partial charge is 0.227 e. The normalized spacial score (nSPS) is 15.4. The molecule has 1 aliphatic heterocycles. The van der Waals surface area contributed by atoms with Crippen molar-refractivity contribution < 1.29 is 9.90 Å². The molecule has 120 valence electrons. The van der Waals surface area contributed by atoms with Crippen LogP contribution in [-0.2, 0) is 4.79 Å². The largest absolute Gasteiger partial charge is 0.506 e. The van der Waals surface area contributed by atoms with E-state index in [-0.39, 0.29) is 17.6 Å². The number of nitrogens with one attached hydrogen (secondary N) is 1. The van der Waals surface area contributed by atoms with Gasteiger partial charge in [0.05, 0.1) is 5.69 Å². The SMILES string of the molecule is Cc1cccc(N2CCC(C(=O)Nc3ccccc3O)CC2)n1.